The predicted molar refractivity (Wildman–Crippen MR) is 70.1 cm³/mol. The first-order valence-electron chi connectivity index (χ1n) is 7.54. The number of hydrogen-bond donors (Lipinski definition) is 1. The summed E-state index contributed by atoms with van der Waals surface area (Å²) in [5.74, 6) is -1.09. The van der Waals surface area contributed by atoms with E-state index in [-0.39, 0.29) is 12.5 Å². The number of piperidine rings is 1. The second-order valence-corrected chi connectivity index (χ2v) is 6.00. The van der Waals surface area contributed by atoms with Crippen LogP contribution in [-0.2, 0) is 0 Å². The van der Waals surface area contributed by atoms with Crippen molar-refractivity contribution in [3.63, 3.8) is 0 Å². The van der Waals surface area contributed by atoms with E-state index < -0.39 is 12.1 Å². The van der Waals surface area contributed by atoms with E-state index in [0.717, 1.165) is 38.9 Å². The van der Waals surface area contributed by atoms with Gasteiger partial charge in [0.15, 0.2) is 0 Å². The number of likely N-dealkylation sites (tertiary alicyclic amines) is 1. The molecule has 1 saturated carbocycles. The zero-order valence-electron chi connectivity index (χ0n) is 11.7. The van der Waals surface area contributed by atoms with E-state index >= 15 is 0 Å². The Hall–Kier alpha value is -0.290. The standard InChI is InChI=1S/C14H25F3N2/c1-2-19-8-4-7-13(10-19)18-12-6-3-5-11(9-12)14(15,16)17/h11-13,18H,2-10H2,1H3. The maximum Gasteiger partial charge on any atom is 0.391 e. The van der Waals surface area contributed by atoms with Gasteiger partial charge in [-0.3, -0.25) is 0 Å². The van der Waals surface area contributed by atoms with Gasteiger partial charge in [0, 0.05) is 18.6 Å². The van der Waals surface area contributed by atoms with Crippen molar-refractivity contribution in [1.82, 2.24) is 10.2 Å². The molecule has 1 aliphatic heterocycles. The van der Waals surface area contributed by atoms with Crippen molar-refractivity contribution in [2.24, 2.45) is 5.92 Å². The van der Waals surface area contributed by atoms with Crippen LogP contribution in [0.25, 0.3) is 0 Å². The molecule has 2 fully saturated rings. The Morgan fingerprint density at radius 3 is 2.53 bits per heavy atom. The fourth-order valence-corrected chi connectivity index (χ4v) is 3.45. The van der Waals surface area contributed by atoms with Gasteiger partial charge in [-0.05, 0) is 45.2 Å². The van der Waals surface area contributed by atoms with Crippen molar-refractivity contribution in [1.29, 1.82) is 0 Å². The quantitative estimate of drug-likeness (QED) is 0.853. The molecular weight excluding hydrogens is 253 g/mol. The summed E-state index contributed by atoms with van der Waals surface area (Å²) >= 11 is 0. The van der Waals surface area contributed by atoms with Gasteiger partial charge in [-0.15, -0.1) is 0 Å². The van der Waals surface area contributed by atoms with Crippen LogP contribution < -0.4 is 5.32 Å². The van der Waals surface area contributed by atoms with Crippen LogP contribution in [0.4, 0.5) is 13.2 Å². The second-order valence-electron chi connectivity index (χ2n) is 6.00. The summed E-state index contributed by atoms with van der Waals surface area (Å²) in [4.78, 5) is 2.38. The molecule has 19 heavy (non-hydrogen) atoms. The molecule has 1 heterocycles. The maximum absolute atomic E-state index is 12.8. The van der Waals surface area contributed by atoms with Crippen molar-refractivity contribution in [3.8, 4) is 0 Å². The van der Waals surface area contributed by atoms with Crippen molar-refractivity contribution in [2.45, 2.75) is 63.7 Å². The van der Waals surface area contributed by atoms with Gasteiger partial charge in [-0.2, -0.15) is 13.2 Å². The predicted octanol–water partition coefficient (Wildman–Crippen LogP) is 3.18. The van der Waals surface area contributed by atoms with Gasteiger partial charge < -0.3 is 10.2 Å². The number of nitrogens with one attached hydrogen (secondary N) is 1. The molecule has 0 radical (unpaired) electrons. The minimum absolute atomic E-state index is 0.0576. The SMILES string of the molecule is CCN1CCCC(NC2CCCC(C(F)(F)F)C2)C1. The van der Waals surface area contributed by atoms with Crippen LogP contribution in [0.3, 0.4) is 0 Å². The van der Waals surface area contributed by atoms with Crippen LogP contribution in [0.5, 0.6) is 0 Å². The molecular formula is C14H25F3N2. The average molecular weight is 278 g/mol. The van der Waals surface area contributed by atoms with Crippen LogP contribution in [0.15, 0.2) is 0 Å². The van der Waals surface area contributed by atoms with Crippen LogP contribution in [0.2, 0.25) is 0 Å². The number of likely N-dealkylation sites (N-methyl/N-ethyl adjacent to an activating group) is 1. The maximum atomic E-state index is 12.8. The zero-order valence-corrected chi connectivity index (χ0v) is 11.7. The number of halogens is 3. The summed E-state index contributed by atoms with van der Waals surface area (Å²) in [6, 6.07) is 0.438. The van der Waals surface area contributed by atoms with E-state index in [1.165, 1.54) is 0 Å². The fraction of sp³-hybridized carbons (Fsp3) is 1.00. The molecule has 1 aliphatic carbocycles. The summed E-state index contributed by atoms with van der Waals surface area (Å²) in [7, 11) is 0. The van der Waals surface area contributed by atoms with Crippen molar-refractivity contribution < 1.29 is 13.2 Å². The zero-order chi connectivity index (χ0) is 13.9. The second kappa shape index (κ2) is 6.44. The van der Waals surface area contributed by atoms with E-state index in [1.54, 1.807) is 0 Å². The number of nitrogens with zero attached hydrogens (tertiary/aromatic N) is 1. The molecule has 1 N–H and O–H groups in total. The smallest absolute Gasteiger partial charge is 0.310 e. The molecule has 0 aromatic carbocycles. The van der Waals surface area contributed by atoms with Gasteiger partial charge in [-0.25, -0.2) is 0 Å². The number of hydrogen-bond acceptors (Lipinski definition) is 2. The molecule has 2 nitrogen and oxygen atoms in total. The first kappa shape index (κ1) is 15.1. The molecule has 0 spiro atoms. The minimum atomic E-state index is -4.01. The third-order valence-corrected chi connectivity index (χ3v) is 4.56. The van der Waals surface area contributed by atoms with E-state index in [4.69, 9.17) is 0 Å². The van der Waals surface area contributed by atoms with Crippen LogP contribution in [0.1, 0.15) is 45.4 Å². The summed E-state index contributed by atoms with van der Waals surface area (Å²) < 4.78 is 38.3. The molecule has 3 atom stereocenters. The summed E-state index contributed by atoms with van der Waals surface area (Å²) in [5, 5.41) is 3.48. The summed E-state index contributed by atoms with van der Waals surface area (Å²) in [6.07, 6.45) is 0.424. The van der Waals surface area contributed by atoms with Gasteiger partial charge in [0.2, 0.25) is 0 Å². The van der Waals surface area contributed by atoms with Gasteiger partial charge in [0.25, 0.3) is 0 Å². The van der Waals surface area contributed by atoms with E-state index in [0.29, 0.717) is 18.9 Å². The molecule has 2 rings (SSSR count). The molecule has 0 aromatic rings. The Morgan fingerprint density at radius 1 is 1.11 bits per heavy atom. The van der Waals surface area contributed by atoms with Crippen LogP contribution in [0, 0.1) is 5.92 Å². The van der Waals surface area contributed by atoms with Crippen molar-refractivity contribution >= 4 is 0 Å². The Balaban J connectivity index is 1.82. The van der Waals surface area contributed by atoms with Crippen molar-refractivity contribution in [3.05, 3.63) is 0 Å². The van der Waals surface area contributed by atoms with Crippen LogP contribution in [-0.4, -0.2) is 42.8 Å². The highest BCUT2D eigenvalue weighted by Gasteiger charge is 2.42. The number of rotatable bonds is 3. The monoisotopic (exact) mass is 278 g/mol. The lowest BCUT2D eigenvalue weighted by molar-refractivity contribution is -0.184. The third-order valence-electron chi connectivity index (χ3n) is 4.56. The van der Waals surface area contributed by atoms with Gasteiger partial charge in [0.1, 0.15) is 0 Å². The van der Waals surface area contributed by atoms with Crippen molar-refractivity contribution in [2.75, 3.05) is 19.6 Å². The van der Waals surface area contributed by atoms with Gasteiger partial charge in [0.05, 0.1) is 5.92 Å². The van der Waals surface area contributed by atoms with E-state index in [9.17, 15) is 13.2 Å². The first-order chi connectivity index (χ1) is 8.99. The molecule has 0 bridgehead atoms. The molecule has 0 amide bonds. The molecule has 1 saturated heterocycles. The third kappa shape index (κ3) is 4.35. The lowest BCUT2D eigenvalue weighted by atomic mass is 9.84. The van der Waals surface area contributed by atoms with Crippen LogP contribution >= 0.6 is 0 Å². The lowest BCUT2D eigenvalue weighted by Crippen LogP contribution is -2.50. The minimum Gasteiger partial charge on any atom is -0.310 e. The molecule has 5 heteroatoms. The average Bonchev–Trinajstić information content (AvgIpc) is 2.38. The largest absolute Gasteiger partial charge is 0.391 e. The highest BCUT2D eigenvalue weighted by atomic mass is 19.4. The van der Waals surface area contributed by atoms with E-state index in [1.807, 2.05) is 0 Å². The Morgan fingerprint density at radius 2 is 1.84 bits per heavy atom. The molecule has 3 unspecified atom stereocenters. The topological polar surface area (TPSA) is 15.3 Å². The summed E-state index contributed by atoms with van der Waals surface area (Å²) in [5.41, 5.74) is 0. The summed E-state index contributed by atoms with van der Waals surface area (Å²) in [6.45, 7) is 5.30. The lowest BCUT2D eigenvalue weighted by Gasteiger charge is -2.37. The molecule has 0 aromatic heterocycles. The van der Waals surface area contributed by atoms with Gasteiger partial charge >= 0.3 is 6.18 Å². The fourth-order valence-electron chi connectivity index (χ4n) is 3.45. The van der Waals surface area contributed by atoms with E-state index in [2.05, 4.69) is 17.1 Å². The number of alkyl halides is 3. The normalized spacial score (nSPS) is 34.4. The molecule has 112 valence electrons. The van der Waals surface area contributed by atoms with Gasteiger partial charge in [-0.1, -0.05) is 13.3 Å². The highest BCUT2D eigenvalue weighted by molar-refractivity contribution is 4.86. The first-order valence-corrected chi connectivity index (χ1v) is 7.54. The Kier molecular flexibility index (Phi) is 5.12. The Labute approximate surface area is 113 Å². The molecule has 2 aliphatic rings. The Bertz CT molecular complexity index is 280. The highest BCUT2D eigenvalue weighted by Crippen LogP contribution is 2.37.